The average molecular weight is 379 g/mol. The fourth-order valence-electron chi connectivity index (χ4n) is 3.32. The summed E-state index contributed by atoms with van der Waals surface area (Å²) in [6.45, 7) is 11.1. The lowest BCUT2D eigenvalue weighted by Gasteiger charge is -2.36. The van der Waals surface area contributed by atoms with Crippen molar-refractivity contribution < 1.29 is 9.63 Å². The Bertz CT molecular complexity index is 684. The van der Waals surface area contributed by atoms with E-state index in [1.54, 1.807) is 0 Å². The molecule has 2 heterocycles. The summed E-state index contributed by atoms with van der Waals surface area (Å²) in [5.41, 5.74) is 2.54. The molecule has 142 valence electrons. The van der Waals surface area contributed by atoms with E-state index < -0.39 is 6.10 Å². The maximum Gasteiger partial charge on any atom is 0.268 e. The minimum atomic E-state index is -0.573. The summed E-state index contributed by atoms with van der Waals surface area (Å²) in [5, 5.41) is 7.69. The first-order valence-corrected chi connectivity index (χ1v) is 9.66. The number of oxime groups is 1. The van der Waals surface area contributed by atoms with Gasteiger partial charge in [0.2, 0.25) is 6.10 Å². The molecule has 1 fully saturated rings. The van der Waals surface area contributed by atoms with E-state index in [9.17, 15) is 4.79 Å². The average Bonchev–Trinajstić information content (AvgIpc) is 3.13. The molecule has 1 amide bonds. The molecular formula is C19H27ClN4O2. The molecule has 2 aliphatic rings. The molecule has 2 aliphatic heterocycles. The molecule has 0 unspecified atom stereocenters. The molecule has 26 heavy (non-hydrogen) atoms. The molecule has 1 aromatic carbocycles. The quantitative estimate of drug-likeness (QED) is 0.854. The Morgan fingerprint density at radius 3 is 2.69 bits per heavy atom. The number of amides is 1. The highest BCUT2D eigenvalue weighted by Crippen LogP contribution is 2.35. The second-order valence-corrected chi connectivity index (χ2v) is 7.49. The minimum Gasteiger partial charge on any atom is -0.382 e. The number of hydrogen-bond donors (Lipinski definition) is 1. The van der Waals surface area contributed by atoms with Crippen LogP contribution in [0.5, 0.6) is 0 Å². The van der Waals surface area contributed by atoms with Gasteiger partial charge in [0.25, 0.3) is 5.91 Å². The third-order valence-electron chi connectivity index (χ3n) is 5.03. The lowest BCUT2D eigenvalue weighted by molar-refractivity contribution is -0.125. The number of para-hydroxylation sites is 1. The van der Waals surface area contributed by atoms with Gasteiger partial charge in [-0.15, -0.1) is 0 Å². The van der Waals surface area contributed by atoms with Crippen LogP contribution in [-0.4, -0.2) is 55.3 Å². The number of benzene rings is 1. The van der Waals surface area contributed by atoms with Crippen LogP contribution in [-0.2, 0) is 9.63 Å². The predicted molar refractivity (Wildman–Crippen MR) is 106 cm³/mol. The van der Waals surface area contributed by atoms with E-state index in [4.69, 9.17) is 16.4 Å². The first-order chi connectivity index (χ1) is 12.5. The Hall–Kier alpha value is -1.79. The highest BCUT2D eigenvalue weighted by molar-refractivity contribution is 6.34. The van der Waals surface area contributed by atoms with E-state index in [0.717, 1.165) is 49.8 Å². The van der Waals surface area contributed by atoms with Gasteiger partial charge < -0.3 is 20.0 Å². The number of piperazine rings is 1. The van der Waals surface area contributed by atoms with Crippen LogP contribution < -0.4 is 10.2 Å². The molecule has 0 spiro atoms. The predicted octanol–water partition coefficient (Wildman–Crippen LogP) is 3.22. The second kappa shape index (κ2) is 8.27. The highest BCUT2D eigenvalue weighted by Gasteiger charge is 2.30. The van der Waals surface area contributed by atoms with Crippen molar-refractivity contribution in [3.05, 3.63) is 23.2 Å². The summed E-state index contributed by atoms with van der Waals surface area (Å²) in [6, 6.07) is 5.62. The Morgan fingerprint density at radius 2 is 2.08 bits per heavy atom. The summed E-state index contributed by atoms with van der Waals surface area (Å²) < 4.78 is 0. The molecule has 1 aromatic rings. The molecule has 1 N–H and O–H groups in total. The van der Waals surface area contributed by atoms with Gasteiger partial charge in [0.05, 0.1) is 22.1 Å². The lowest BCUT2D eigenvalue weighted by Crippen LogP contribution is -2.46. The fourth-order valence-corrected chi connectivity index (χ4v) is 3.61. The minimum absolute atomic E-state index is 0.180. The van der Waals surface area contributed by atoms with E-state index >= 15 is 0 Å². The molecule has 0 bridgehead atoms. The van der Waals surface area contributed by atoms with Gasteiger partial charge in [0.15, 0.2) is 0 Å². The van der Waals surface area contributed by atoms with Gasteiger partial charge in [-0.05, 0) is 24.6 Å². The van der Waals surface area contributed by atoms with E-state index in [0.29, 0.717) is 11.4 Å². The Labute approximate surface area is 160 Å². The summed E-state index contributed by atoms with van der Waals surface area (Å²) >= 11 is 6.48. The molecular weight excluding hydrogens is 352 g/mol. The van der Waals surface area contributed by atoms with Crippen LogP contribution in [0.25, 0.3) is 0 Å². The first kappa shape index (κ1) is 19.0. The van der Waals surface area contributed by atoms with Crippen LogP contribution in [0.15, 0.2) is 23.4 Å². The molecule has 1 saturated heterocycles. The zero-order valence-corrected chi connectivity index (χ0v) is 16.4. The smallest absolute Gasteiger partial charge is 0.268 e. The zero-order chi connectivity index (χ0) is 18.7. The summed E-state index contributed by atoms with van der Waals surface area (Å²) in [7, 11) is 0. The van der Waals surface area contributed by atoms with Crippen LogP contribution >= 0.6 is 11.6 Å². The fraction of sp³-hybridized carbons (Fsp3) is 0.579. The largest absolute Gasteiger partial charge is 0.382 e. The normalized spacial score (nSPS) is 20.9. The molecule has 0 aromatic heterocycles. The molecule has 0 radical (unpaired) electrons. The van der Waals surface area contributed by atoms with Crippen molar-refractivity contribution in [3.8, 4) is 0 Å². The van der Waals surface area contributed by atoms with Gasteiger partial charge in [-0.2, -0.15) is 0 Å². The SMILES string of the molecule is CCN1CCN(c2c(Cl)cccc2NC(=O)[C@H]2CC(C(C)C)=NO2)CC1. The number of likely N-dealkylation sites (N-methyl/N-ethyl adjacent to an activating group) is 1. The number of carbonyl (C=O) groups is 1. The van der Waals surface area contributed by atoms with Crippen molar-refractivity contribution in [1.82, 2.24) is 4.90 Å². The van der Waals surface area contributed by atoms with Gasteiger partial charge in [-0.25, -0.2) is 0 Å². The number of rotatable bonds is 5. The summed E-state index contributed by atoms with van der Waals surface area (Å²) in [5.74, 6) is 0.101. The Morgan fingerprint density at radius 1 is 1.35 bits per heavy atom. The van der Waals surface area contributed by atoms with Gasteiger partial charge in [0.1, 0.15) is 0 Å². The maximum atomic E-state index is 12.6. The molecule has 0 saturated carbocycles. The molecule has 3 rings (SSSR count). The van der Waals surface area contributed by atoms with Crippen LogP contribution in [0.2, 0.25) is 5.02 Å². The highest BCUT2D eigenvalue weighted by atomic mass is 35.5. The van der Waals surface area contributed by atoms with Crippen molar-refractivity contribution in [2.75, 3.05) is 42.9 Å². The van der Waals surface area contributed by atoms with Crippen LogP contribution in [0, 0.1) is 5.92 Å². The number of halogens is 1. The third-order valence-corrected chi connectivity index (χ3v) is 5.34. The molecule has 0 aliphatic carbocycles. The lowest BCUT2D eigenvalue weighted by atomic mass is 10.0. The van der Waals surface area contributed by atoms with Crippen molar-refractivity contribution in [2.24, 2.45) is 11.1 Å². The molecule has 1 atom stereocenters. The Balaban J connectivity index is 1.71. The number of hydrogen-bond acceptors (Lipinski definition) is 5. The van der Waals surface area contributed by atoms with Crippen LogP contribution in [0.3, 0.4) is 0 Å². The topological polar surface area (TPSA) is 57.2 Å². The number of anilines is 2. The first-order valence-electron chi connectivity index (χ1n) is 9.28. The monoisotopic (exact) mass is 378 g/mol. The van der Waals surface area contributed by atoms with Gasteiger partial charge in [-0.3, -0.25) is 4.79 Å². The van der Waals surface area contributed by atoms with Crippen molar-refractivity contribution in [3.63, 3.8) is 0 Å². The van der Waals surface area contributed by atoms with Gasteiger partial charge in [0, 0.05) is 32.6 Å². The Kier molecular flexibility index (Phi) is 6.04. The van der Waals surface area contributed by atoms with E-state index in [-0.39, 0.29) is 11.8 Å². The van der Waals surface area contributed by atoms with Crippen molar-refractivity contribution in [1.29, 1.82) is 0 Å². The van der Waals surface area contributed by atoms with Crippen LogP contribution in [0.1, 0.15) is 27.2 Å². The van der Waals surface area contributed by atoms with Gasteiger partial charge in [-0.1, -0.05) is 43.6 Å². The van der Waals surface area contributed by atoms with E-state index in [2.05, 4.69) is 27.2 Å². The van der Waals surface area contributed by atoms with E-state index in [1.165, 1.54) is 0 Å². The number of nitrogens with zero attached hydrogens (tertiary/aromatic N) is 3. The summed E-state index contributed by atoms with van der Waals surface area (Å²) in [4.78, 5) is 22.6. The van der Waals surface area contributed by atoms with Crippen molar-refractivity contribution in [2.45, 2.75) is 33.3 Å². The van der Waals surface area contributed by atoms with Crippen LogP contribution in [0.4, 0.5) is 11.4 Å². The van der Waals surface area contributed by atoms with Crippen molar-refractivity contribution >= 4 is 34.6 Å². The molecule has 7 heteroatoms. The van der Waals surface area contributed by atoms with Gasteiger partial charge >= 0.3 is 0 Å². The number of carbonyl (C=O) groups excluding carboxylic acids is 1. The third kappa shape index (κ3) is 4.13. The maximum absolute atomic E-state index is 12.6. The summed E-state index contributed by atoms with van der Waals surface area (Å²) in [6.07, 6.45) is -0.0367. The van der Waals surface area contributed by atoms with E-state index in [1.807, 2.05) is 32.0 Å². The molecule has 6 nitrogen and oxygen atoms in total. The zero-order valence-electron chi connectivity index (χ0n) is 15.7. The number of nitrogens with one attached hydrogen (secondary N) is 1. The standard InChI is InChI=1S/C19H27ClN4O2/c1-4-23-8-10-24(11-9-23)18-14(20)6-5-7-15(18)21-19(25)17-12-16(13(2)3)22-26-17/h5-7,13,17H,4,8-12H2,1-3H3,(H,21,25)/t17-/m1/s1. The second-order valence-electron chi connectivity index (χ2n) is 7.08.